The highest BCUT2D eigenvalue weighted by Gasteiger charge is 2.27. The van der Waals surface area contributed by atoms with Gasteiger partial charge >= 0.3 is 0 Å². The Morgan fingerprint density at radius 2 is 2.07 bits per heavy atom. The molecule has 0 atom stereocenters. The highest BCUT2D eigenvalue weighted by Crippen LogP contribution is 2.34. The van der Waals surface area contributed by atoms with Gasteiger partial charge in [0.05, 0.1) is 11.2 Å². The third-order valence-electron chi connectivity index (χ3n) is 4.48. The number of nitrogens with one attached hydrogen (secondary N) is 1. The van der Waals surface area contributed by atoms with Gasteiger partial charge < -0.3 is 10.2 Å². The van der Waals surface area contributed by atoms with E-state index in [2.05, 4.69) is 25.2 Å². The lowest BCUT2D eigenvalue weighted by atomic mass is 10.2. The number of carbonyl (C=O) groups excluding carboxylic acids is 1. The van der Waals surface area contributed by atoms with Gasteiger partial charge in [-0.15, -0.1) is 0 Å². The second kappa shape index (κ2) is 6.26. The third kappa shape index (κ3) is 3.20. The van der Waals surface area contributed by atoms with Gasteiger partial charge in [0.15, 0.2) is 0 Å². The van der Waals surface area contributed by atoms with E-state index >= 15 is 0 Å². The van der Waals surface area contributed by atoms with Crippen LogP contribution in [0.3, 0.4) is 0 Å². The summed E-state index contributed by atoms with van der Waals surface area (Å²) in [6.45, 7) is 4.03. The molecule has 0 unspecified atom stereocenters. The lowest BCUT2D eigenvalue weighted by molar-refractivity contribution is -0.114. The number of rotatable bonds is 4. The fourth-order valence-electron chi connectivity index (χ4n) is 3.04. The average molecular weight is 372 g/mol. The molecule has 0 radical (unpaired) electrons. The van der Waals surface area contributed by atoms with Crippen molar-refractivity contribution in [2.24, 2.45) is 0 Å². The fraction of sp³-hybridized carbons (Fsp3) is 0.333. The van der Waals surface area contributed by atoms with Crippen molar-refractivity contribution < 1.29 is 13.6 Å². The molecular formula is C18H18F2N6O. The van der Waals surface area contributed by atoms with Crippen LogP contribution in [0.1, 0.15) is 26.0 Å². The lowest BCUT2D eigenvalue weighted by Gasteiger charge is -2.32. The van der Waals surface area contributed by atoms with Crippen molar-refractivity contribution in [3.8, 4) is 5.95 Å². The molecule has 3 aromatic heterocycles. The van der Waals surface area contributed by atoms with Crippen LogP contribution in [0.4, 0.5) is 20.3 Å². The molecule has 0 aromatic carbocycles. The van der Waals surface area contributed by atoms with Crippen molar-refractivity contribution in [1.29, 1.82) is 0 Å². The normalized spacial score (nSPS) is 14.3. The molecule has 140 valence electrons. The van der Waals surface area contributed by atoms with Crippen molar-refractivity contribution in [1.82, 2.24) is 19.5 Å². The zero-order valence-electron chi connectivity index (χ0n) is 14.9. The number of nitrogens with zero attached hydrogens (tertiary/aromatic N) is 5. The topological polar surface area (TPSA) is 75.9 Å². The Kier molecular flexibility index (Phi) is 4.01. The molecule has 0 spiro atoms. The van der Waals surface area contributed by atoms with E-state index in [0.29, 0.717) is 11.3 Å². The summed E-state index contributed by atoms with van der Waals surface area (Å²) in [4.78, 5) is 26.0. The van der Waals surface area contributed by atoms with Gasteiger partial charge in [-0.2, -0.15) is 8.78 Å². The highest BCUT2D eigenvalue weighted by molar-refractivity contribution is 5.97. The summed E-state index contributed by atoms with van der Waals surface area (Å²) in [6.07, 6.45) is 5.91. The van der Waals surface area contributed by atoms with Crippen LogP contribution in [0.5, 0.6) is 0 Å². The first-order valence-electron chi connectivity index (χ1n) is 8.58. The minimum Gasteiger partial charge on any atom is -0.370 e. The first kappa shape index (κ1) is 17.3. The van der Waals surface area contributed by atoms with Gasteiger partial charge in [0.2, 0.25) is 11.9 Å². The zero-order valence-corrected chi connectivity index (χ0v) is 14.9. The van der Waals surface area contributed by atoms with Crippen LogP contribution in [0.2, 0.25) is 0 Å². The van der Waals surface area contributed by atoms with Crippen molar-refractivity contribution in [2.75, 3.05) is 23.3 Å². The Bertz CT molecular complexity index is 1020. The molecule has 1 aliphatic rings. The molecule has 9 heteroatoms. The van der Waals surface area contributed by atoms with Crippen LogP contribution < -0.4 is 10.2 Å². The second-order valence-electron chi connectivity index (χ2n) is 6.62. The maximum absolute atomic E-state index is 13.7. The summed E-state index contributed by atoms with van der Waals surface area (Å²) in [6, 6.07) is 2.90. The van der Waals surface area contributed by atoms with Crippen LogP contribution in [0, 0.1) is 0 Å². The van der Waals surface area contributed by atoms with Gasteiger partial charge in [0, 0.05) is 57.0 Å². The molecule has 1 amide bonds. The van der Waals surface area contributed by atoms with Crippen LogP contribution in [0.15, 0.2) is 30.7 Å². The molecule has 3 aromatic rings. The molecule has 1 aliphatic heterocycles. The monoisotopic (exact) mass is 372 g/mol. The van der Waals surface area contributed by atoms with Gasteiger partial charge in [-0.05, 0) is 12.5 Å². The predicted molar refractivity (Wildman–Crippen MR) is 97.4 cm³/mol. The molecule has 1 saturated heterocycles. The number of halogens is 2. The predicted octanol–water partition coefficient (Wildman–Crippen LogP) is 3.10. The minimum absolute atomic E-state index is 0.144. The van der Waals surface area contributed by atoms with Crippen molar-refractivity contribution in [3.63, 3.8) is 0 Å². The molecule has 1 N–H and O–H groups in total. The summed E-state index contributed by atoms with van der Waals surface area (Å²) in [5.41, 5.74) is 1.28. The molecule has 7 nitrogen and oxygen atoms in total. The van der Waals surface area contributed by atoms with Crippen LogP contribution in [0.25, 0.3) is 16.9 Å². The summed E-state index contributed by atoms with van der Waals surface area (Å²) < 4.78 is 29.1. The van der Waals surface area contributed by atoms with E-state index in [4.69, 9.17) is 0 Å². The molecule has 4 heterocycles. The summed E-state index contributed by atoms with van der Waals surface area (Å²) in [7, 11) is 0. The maximum atomic E-state index is 13.7. The van der Waals surface area contributed by atoms with Gasteiger partial charge in [-0.3, -0.25) is 9.36 Å². The van der Waals surface area contributed by atoms with E-state index in [9.17, 15) is 13.6 Å². The van der Waals surface area contributed by atoms with E-state index in [1.165, 1.54) is 19.2 Å². The minimum atomic E-state index is -3.07. The third-order valence-corrected chi connectivity index (χ3v) is 4.48. The number of anilines is 2. The van der Waals surface area contributed by atoms with Gasteiger partial charge in [-0.25, -0.2) is 15.0 Å². The molecular weight excluding hydrogens is 354 g/mol. The van der Waals surface area contributed by atoms with E-state index < -0.39 is 5.92 Å². The average Bonchev–Trinajstić information content (AvgIpc) is 2.91. The quantitative estimate of drug-likeness (QED) is 0.762. The Morgan fingerprint density at radius 3 is 2.70 bits per heavy atom. The molecule has 4 rings (SSSR count). The Morgan fingerprint density at radius 1 is 1.30 bits per heavy atom. The van der Waals surface area contributed by atoms with Crippen LogP contribution >= 0.6 is 0 Å². The summed E-state index contributed by atoms with van der Waals surface area (Å²) in [5, 5.41) is 3.49. The van der Waals surface area contributed by atoms with Crippen molar-refractivity contribution in [3.05, 3.63) is 36.4 Å². The molecule has 0 aliphatic carbocycles. The molecule has 1 fully saturated rings. The highest BCUT2D eigenvalue weighted by atomic mass is 19.3. The first-order valence-corrected chi connectivity index (χ1v) is 8.58. The number of alkyl halides is 2. The number of aromatic nitrogens is 4. The van der Waals surface area contributed by atoms with E-state index in [1.54, 1.807) is 16.8 Å². The molecule has 0 saturated carbocycles. The summed E-state index contributed by atoms with van der Waals surface area (Å²) >= 11 is 0. The van der Waals surface area contributed by atoms with Crippen molar-refractivity contribution in [2.45, 2.75) is 26.2 Å². The number of hydrogen-bond donors (Lipinski definition) is 1. The number of hydrogen-bond acceptors (Lipinski definition) is 5. The standard InChI is InChI=1S/C18H18F2N6O/c1-11(27)23-16-8-13-12(9-22-16)14(25-6-3-7-25)10-26(13)17-21-5-4-15(24-17)18(2,19)20/h4-5,8-10H,3,6-7H2,1-2H3,(H,22,23,27). The number of amides is 1. The molecule has 0 bridgehead atoms. The number of carbonyl (C=O) groups is 1. The van der Waals surface area contributed by atoms with Crippen molar-refractivity contribution >= 4 is 28.3 Å². The fourth-order valence-corrected chi connectivity index (χ4v) is 3.04. The largest absolute Gasteiger partial charge is 0.370 e. The van der Waals surface area contributed by atoms with E-state index in [1.807, 2.05) is 6.20 Å². The van der Waals surface area contributed by atoms with Gasteiger partial charge in [-0.1, -0.05) is 0 Å². The number of fused-ring (bicyclic) bond motifs is 1. The number of pyridine rings is 1. The van der Waals surface area contributed by atoms with E-state index in [-0.39, 0.29) is 17.5 Å². The Hall–Kier alpha value is -3.10. The lowest BCUT2D eigenvalue weighted by Crippen LogP contribution is -2.36. The summed E-state index contributed by atoms with van der Waals surface area (Å²) in [5.74, 6) is -2.79. The first-order chi connectivity index (χ1) is 12.8. The Labute approximate surface area is 154 Å². The molecule has 27 heavy (non-hydrogen) atoms. The SMILES string of the molecule is CC(=O)Nc1cc2c(cn1)c(N1CCC1)cn2-c1nccc(C(C)(F)F)n1. The second-order valence-corrected chi connectivity index (χ2v) is 6.62. The maximum Gasteiger partial charge on any atom is 0.287 e. The van der Waals surface area contributed by atoms with Gasteiger partial charge in [0.25, 0.3) is 5.92 Å². The van der Waals surface area contributed by atoms with E-state index in [0.717, 1.165) is 37.5 Å². The Balaban J connectivity index is 1.89. The smallest absolute Gasteiger partial charge is 0.287 e. The van der Waals surface area contributed by atoms with Crippen LogP contribution in [-0.4, -0.2) is 38.5 Å². The van der Waals surface area contributed by atoms with Crippen LogP contribution in [-0.2, 0) is 10.7 Å². The zero-order chi connectivity index (χ0) is 19.2. The van der Waals surface area contributed by atoms with Gasteiger partial charge in [0.1, 0.15) is 11.5 Å².